The lowest BCUT2D eigenvalue weighted by molar-refractivity contribution is 0.0491. The highest BCUT2D eigenvalue weighted by Crippen LogP contribution is 2.09. The van der Waals surface area contributed by atoms with Crippen LogP contribution in [-0.2, 0) is 4.74 Å². The molecule has 1 unspecified atom stereocenters. The maximum Gasteiger partial charge on any atom is 0.113 e. The summed E-state index contributed by atoms with van der Waals surface area (Å²) in [5, 5.41) is 0. The molecule has 1 fully saturated rings. The fraction of sp³-hybridized carbons (Fsp3) is 0.714. The minimum atomic E-state index is 0.294. The average Bonchev–Trinajstić information content (AvgIpc) is 2.18. The summed E-state index contributed by atoms with van der Waals surface area (Å²) < 4.78 is 5.36. The summed E-state index contributed by atoms with van der Waals surface area (Å²) in [7, 11) is 2.07. The van der Waals surface area contributed by atoms with Crippen LogP contribution in [0, 0.1) is 0 Å². The van der Waals surface area contributed by atoms with Crippen LogP contribution in [0.4, 0.5) is 0 Å². The summed E-state index contributed by atoms with van der Waals surface area (Å²) in [5.41, 5.74) is 0. The molecule has 2 nitrogen and oxygen atoms in total. The molecule has 0 N–H and O–H groups in total. The Bertz CT molecular complexity index is 103. The summed E-state index contributed by atoms with van der Waals surface area (Å²) in [6.45, 7) is 5.58. The molecular weight excluding hydrogens is 114 g/mol. The van der Waals surface area contributed by atoms with Gasteiger partial charge in [0.05, 0.1) is 6.61 Å². The van der Waals surface area contributed by atoms with Gasteiger partial charge < -0.3 is 4.74 Å². The molecule has 0 aromatic rings. The van der Waals surface area contributed by atoms with Crippen molar-refractivity contribution in [1.82, 2.24) is 4.90 Å². The van der Waals surface area contributed by atoms with Gasteiger partial charge in [0.25, 0.3) is 0 Å². The van der Waals surface area contributed by atoms with Gasteiger partial charge in [0.15, 0.2) is 0 Å². The van der Waals surface area contributed by atoms with Crippen LogP contribution >= 0.6 is 0 Å². The molecular formula is C7H13NO. The van der Waals surface area contributed by atoms with Crippen LogP contribution in [0.2, 0.25) is 0 Å². The molecule has 2 heteroatoms. The van der Waals surface area contributed by atoms with E-state index in [9.17, 15) is 0 Å². The van der Waals surface area contributed by atoms with E-state index < -0.39 is 0 Å². The maximum absolute atomic E-state index is 5.36. The molecule has 1 aliphatic heterocycles. The largest absolute Gasteiger partial charge is 0.361 e. The number of ether oxygens (including phenoxy) is 1. The van der Waals surface area contributed by atoms with Crippen molar-refractivity contribution in [2.45, 2.75) is 12.6 Å². The van der Waals surface area contributed by atoms with E-state index in [1.807, 2.05) is 6.08 Å². The second-order valence-electron chi connectivity index (χ2n) is 2.33. The van der Waals surface area contributed by atoms with E-state index in [4.69, 9.17) is 4.74 Å². The van der Waals surface area contributed by atoms with E-state index in [0.29, 0.717) is 6.23 Å². The van der Waals surface area contributed by atoms with Crippen molar-refractivity contribution in [3.8, 4) is 0 Å². The minimum absolute atomic E-state index is 0.294. The molecule has 1 aliphatic rings. The van der Waals surface area contributed by atoms with Gasteiger partial charge in [-0.25, -0.2) is 0 Å². The number of hydrogen-bond donors (Lipinski definition) is 0. The molecule has 0 aliphatic carbocycles. The molecule has 1 heterocycles. The molecule has 0 saturated carbocycles. The zero-order chi connectivity index (χ0) is 6.69. The molecule has 0 spiro atoms. The lowest BCUT2D eigenvalue weighted by atomic mass is 10.3. The third kappa shape index (κ3) is 1.53. The van der Waals surface area contributed by atoms with E-state index in [-0.39, 0.29) is 0 Å². The third-order valence-corrected chi connectivity index (χ3v) is 1.61. The van der Waals surface area contributed by atoms with Gasteiger partial charge >= 0.3 is 0 Å². The quantitative estimate of drug-likeness (QED) is 0.510. The fourth-order valence-electron chi connectivity index (χ4n) is 0.995. The number of hydrogen-bond acceptors (Lipinski definition) is 2. The monoisotopic (exact) mass is 127 g/mol. The Balaban J connectivity index is 2.30. The highest BCUT2D eigenvalue weighted by atomic mass is 16.5. The Morgan fingerprint density at radius 2 is 2.67 bits per heavy atom. The summed E-state index contributed by atoms with van der Waals surface area (Å²) in [6.07, 6.45) is 3.13. The SMILES string of the molecule is C=CCC1OCCN1C. The molecule has 9 heavy (non-hydrogen) atoms. The topological polar surface area (TPSA) is 12.5 Å². The van der Waals surface area contributed by atoms with Crippen LogP contribution in [0.1, 0.15) is 6.42 Å². The zero-order valence-electron chi connectivity index (χ0n) is 5.84. The Kier molecular flexibility index (Phi) is 2.25. The number of likely N-dealkylation sites (N-methyl/N-ethyl adjacent to an activating group) is 1. The van der Waals surface area contributed by atoms with Crippen molar-refractivity contribution in [1.29, 1.82) is 0 Å². The zero-order valence-corrected chi connectivity index (χ0v) is 5.84. The van der Waals surface area contributed by atoms with Crippen LogP contribution in [0.15, 0.2) is 12.7 Å². The maximum atomic E-state index is 5.36. The van der Waals surface area contributed by atoms with Gasteiger partial charge in [-0.15, -0.1) is 6.58 Å². The first kappa shape index (κ1) is 6.78. The summed E-state index contributed by atoms with van der Waals surface area (Å²) in [6, 6.07) is 0. The van der Waals surface area contributed by atoms with Crippen molar-refractivity contribution in [3.63, 3.8) is 0 Å². The first-order valence-corrected chi connectivity index (χ1v) is 3.27. The molecule has 0 radical (unpaired) electrons. The van der Waals surface area contributed by atoms with Gasteiger partial charge in [-0.05, 0) is 7.05 Å². The fourth-order valence-corrected chi connectivity index (χ4v) is 0.995. The van der Waals surface area contributed by atoms with Crippen molar-refractivity contribution >= 4 is 0 Å². The normalized spacial score (nSPS) is 28.8. The first-order chi connectivity index (χ1) is 4.34. The minimum Gasteiger partial charge on any atom is -0.361 e. The van der Waals surface area contributed by atoms with Gasteiger partial charge in [0.1, 0.15) is 6.23 Å². The third-order valence-electron chi connectivity index (χ3n) is 1.61. The molecule has 0 bridgehead atoms. The van der Waals surface area contributed by atoms with E-state index in [2.05, 4.69) is 18.5 Å². The van der Waals surface area contributed by atoms with Gasteiger partial charge in [-0.2, -0.15) is 0 Å². The Hall–Kier alpha value is -0.340. The molecule has 52 valence electrons. The lowest BCUT2D eigenvalue weighted by Gasteiger charge is -2.14. The molecule has 0 aromatic heterocycles. The van der Waals surface area contributed by atoms with E-state index >= 15 is 0 Å². The van der Waals surface area contributed by atoms with Crippen LogP contribution in [-0.4, -0.2) is 31.3 Å². The standard InChI is InChI=1S/C7H13NO/c1-3-4-7-8(2)5-6-9-7/h3,7H,1,4-6H2,2H3. The highest BCUT2D eigenvalue weighted by Gasteiger charge is 2.18. The summed E-state index contributed by atoms with van der Waals surface area (Å²) >= 11 is 0. The van der Waals surface area contributed by atoms with Crippen LogP contribution < -0.4 is 0 Å². The smallest absolute Gasteiger partial charge is 0.113 e. The Morgan fingerprint density at radius 1 is 1.89 bits per heavy atom. The molecule has 0 aromatic carbocycles. The number of rotatable bonds is 2. The predicted molar refractivity (Wildman–Crippen MR) is 37.2 cm³/mol. The number of nitrogens with zero attached hydrogens (tertiary/aromatic N) is 1. The summed E-state index contributed by atoms with van der Waals surface area (Å²) in [5.74, 6) is 0. The van der Waals surface area contributed by atoms with Crippen LogP contribution in [0.5, 0.6) is 0 Å². The van der Waals surface area contributed by atoms with E-state index in [1.54, 1.807) is 0 Å². The molecule has 1 rings (SSSR count). The van der Waals surface area contributed by atoms with Gasteiger partial charge in [-0.1, -0.05) is 6.08 Å². The lowest BCUT2D eigenvalue weighted by Crippen LogP contribution is -2.24. The second-order valence-corrected chi connectivity index (χ2v) is 2.33. The average molecular weight is 127 g/mol. The molecule has 0 amide bonds. The highest BCUT2D eigenvalue weighted by molar-refractivity contribution is 4.75. The van der Waals surface area contributed by atoms with E-state index in [1.165, 1.54) is 0 Å². The van der Waals surface area contributed by atoms with Gasteiger partial charge in [-0.3, -0.25) is 4.90 Å². The van der Waals surface area contributed by atoms with Gasteiger partial charge in [0, 0.05) is 13.0 Å². The van der Waals surface area contributed by atoms with Crippen LogP contribution in [0.25, 0.3) is 0 Å². The molecule has 1 saturated heterocycles. The Labute approximate surface area is 56.1 Å². The van der Waals surface area contributed by atoms with Crippen molar-refractivity contribution in [2.24, 2.45) is 0 Å². The van der Waals surface area contributed by atoms with Crippen molar-refractivity contribution in [2.75, 3.05) is 20.2 Å². The predicted octanol–water partition coefficient (Wildman–Crippen LogP) is 0.851. The van der Waals surface area contributed by atoms with Crippen molar-refractivity contribution < 1.29 is 4.74 Å². The second kappa shape index (κ2) is 2.99. The molecule has 1 atom stereocenters. The van der Waals surface area contributed by atoms with Crippen LogP contribution in [0.3, 0.4) is 0 Å². The van der Waals surface area contributed by atoms with E-state index in [0.717, 1.165) is 19.6 Å². The summed E-state index contributed by atoms with van der Waals surface area (Å²) in [4.78, 5) is 2.20. The first-order valence-electron chi connectivity index (χ1n) is 3.27. The Morgan fingerprint density at radius 3 is 3.11 bits per heavy atom. The van der Waals surface area contributed by atoms with Crippen molar-refractivity contribution in [3.05, 3.63) is 12.7 Å². The van der Waals surface area contributed by atoms with Gasteiger partial charge in [0.2, 0.25) is 0 Å².